The highest BCUT2D eigenvalue weighted by atomic mass is 16.5. The van der Waals surface area contributed by atoms with Crippen LogP contribution in [0.2, 0.25) is 0 Å². The smallest absolute Gasteiger partial charge is 0.255 e. The van der Waals surface area contributed by atoms with Gasteiger partial charge in [0, 0.05) is 39.1 Å². The molecule has 7 heteroatoms. The largest absolute Gasteiger partial charge is 0.497 e. The molecular weight excluding hydrogens is 312 g/mol. The zero-order chi connectivity index (χ0) is 17.2. The molecule has 1 N–H and O–H groups in total. The van der Waals surface area contributed by atoms with Gasteiger partial charge in [-0.1, -0.05) is 0 Å². The summed E-state index contributed by atoms with van der Waals surface area (Å²) in [5.74, 6) is 1.00. The zero-order valence-corrected chi connectivity index (χ0v) is 14.0. The van der Waals surface area contributed by atoms with E-state index in [0.717, 1.165) is 0 Å². The number of fused-ring (bicyclic) bond motifs is 1. The van der Waals surface area contributed by atoms with Crippen LogP contribution in [0.5, 0.6) is 11.5 Å². The third-order valence-corrected chi connectivity index (χ3v) is 4.63. The van der Waals surface area contributed by atoms with Gasteiger partial charge < -0.3 is 24.4 Å². The van der Waals surface area contributed by atoms with Crippen molar-refractivity contribution in [1.82, 2.24) is 10.2 Å². The highest BCUT2D eigenvalue weighted by Crippen LogP contribution is 2.35. The summed E-state index contributed by atoms with van der Waals surface area (Å²) < 4.78 is 16.4. The molecule has 7 nitrogen and oxygen atoms in total. The molecule has 1 aromatic rings. The molecule has 3 rings (SSSR count). The lowest BCUT2D eigenvalue weighted by molar-refractivity contribution is -0.138. The van der Waals surface area contributed by atoms with E-state index in [9.17, 15) is 9.59 Å². The summed E-state index contributed by atoms with van der Waals surface area (Å²) in [7, 11) is 3.09. The molecule has 1 fully saturated rings. The van der Waals surface area contributed by atoms with E-state index in [1.165, 1.54) is 7.11 Å². The number of methoxy groups -OCH3 is 2. The van der Waals surface area contributed by atoms with Crippen LogP contribution in [0.4, 0.5) is 0 Å². The molecule has 1 spiro atoms. The van der Waals surface area contributed by atoms with Gasteiger partial charge in [-0.2, -0.15) is 0 Å². The Morgan fingerprint density at radius 3 is 2.75 bits per heavy atom. The van der Waals surface area contributed by atoms with E-state index < -0.39 is 5.60 Å². The van der Waals surface area contributed by atoms with E-state index in [0.29, 0.717) is 49.5 Å². The van der Waals surface area contributed by atoms with Gasteiger partial charge in [-0.25, -0.2) is 0 Å². The van der Waals surface area contributed by atoms with E-state index in [2.05, 4.69) is 5.32 Å². The average Bonchev–Trinajstić information content (AvgIpc) is 2.72. The van der Waals surface area contributed by atoms with Crippen molar-refractivity contribution < 1.29 is 23.8 Å². The van der Waals surface area contributed by atoms with Gasteiger partial charge in [-0.3, -0.25) is 9.59 Å². The molecule has 2 amide bonds. The van der Waals surface area contributed by atoms with Crippen molar-refractivity contribution in [2.45, 2.75) is 18.4 Å². The average molecular weight is 334 g/mol. The maximum absolute atomic E-state index is 12.3. The summed E-state index contributed by atoms with van der Waals surface area (Å²) in [6, 6.07) is 5.19. The number of piperidine rings is 1. The summed E-state index contributed by atoms with van der Waals surface area (Å²) >= 11 is 0. The lowest BCUT2D eigenvalue weighted by Crippen LogP contribution is -2.54. The Morgan fingerprint density at radius 1 is 1.33 bits per heavy atom. The molecule has 2 aliphatic rings. The Labute approximate surface area is 140 Å². The second kappa shape index (κ2) is 6.68. The van der Waals surface area contributed by atoms with Gasteiger partial charge in [-0.15, -0.1) is 0 Å². The van der Waals surface area contributed by atoms with Gasteiger partial charge in [-0.05, 0) is 12.1 Å². The molecule has 0 atom stereocenters. The highest BCUT2D eigenvalue weighted by molar-refractivity contribution is 5.97. The molecule has 2 aliphatic heterocycles. The minimum atomic E-state index is -0.503. The molecule has 0 bridgehead atoms. The van der Waals surface area contributed by atoms with Crippen LogP contribution in [0.25, 0.3) is 0 Å². The first-order valence-electron chi connectivity index (χ1n) is 7.99. The molecule has 0 aromatic heterocycles. The Balaban J connectivity index is 1.78. The SMILES string of the molecule is COCC(=O)N1CCC2(CC1)CNC(=O)c1ccc(OC)cc1O2. The highest BCUT2D eigenvalue weighted by Gasteiger charge is 2.41. The van der Waals surface area contributed by atoms with Crippen molar-refractivity contribution in [3.63, 3.8) is 0 Å². The van der Waals surface area contributed by atoms with Gasteiger partial charge in [0.2, 0.25) is 5.91 Å². The molecule has 0 radical (unpaired) electrons. The standard InChI is InChI=1S/C17H22N2O5/c1-22-10-15(20)19-7-5-17(6-8-19)11-18-16(21)13-4-3-12(23-2)9-14(13)24-17/h3-4,9H,5-8,10-11H2,1-2H3,(H,18,21). The van der Waals surface area contributed by atoms with Crippen LogP contribution < -0.4 is 14.8 Å². The molecule has 1 aromatic carbocycles. The van der Waals surface area contributed by atoms with Crippen LogP contribution in [0.3, 0.4) is 0 Å². The molecule has 1 saturated heterocycles. The monoisotopic (exact) mass is 334 g/mol. The normalized spacial score (nSPS) is 19.1. The van der Waals surface area contributed by atoms with Crippen molar-refractivity contribution in [1.29, 1.82) is 0 Å². The fourth-order valence-corrected chi connectivity index (χ4v) is 3.16. The number of nitrogens with one attached hydrogen (secondary N) is 1. The maximum atomic E-state index is 12.3. The molecule has 2 heterocycles. The number of likely N-dealkylation sites (tertiary alicyclic amines) is 1. The second-order valence-electron chi connectivity index (χ2n) is 6.14. The number of amides is 2. The lowest BCUT2D eigenvalue weighted by Gasteiger charge is -2.41. The first-order chi connectivity index (χ1) is 11.6. The molecule has 24 heavy (non-hydrogen) atoms. The quantitative estimate of drug-likeness (QED) is 0.886. The van der Waals surface area contributed by atoms with Crippen LogP contribution >= 0.6 is 0 Å². The van der Waals surface area contributed by atoms with Crippen LogP contribution in [0.1, 0.15) is 23.2 Å². The maximum Gasteiger partial charge on any atom is 0.255 e. The first-order valence-corrected chi connectivity index (χ1v) is 7.99. The number of carbonyl (C=O) groups is 2. The number of nitrogens with zero attached hydrogens (tertiary/aromatic N) is 1. The predicted molar refractivity (Wildman–Crippen MR) is 86.4 cm³/mol. The van der Waals surface area contributed by atoms with Crippen LogP contribution in [-0.4, -0.2) is 62.8 Å². The van der Waals surface area contributed by atoms with Gasteiger partial charge in [0.1, 0.15) is 23.7 Å². The minimum absolute atomic E-state index is 0.0212. The molecule has 130 valence electrons. The van der Waals surface area contributed by atoms with Crippen molar-refractivity contribution in [2.24, 2.45) is 0 Å². The van der Waals surface area contributed by atoms with E-state index in [1.54, 1.807) is 30.2 Å². The topological polar surface area (TPSA) is 77.1 Å². The van der Waals surface area contributed by atoms with Crippen LogP contribution in [-0.2, 0) is 9.53 Å². The summed E-state index contributed by atoms with van der Waals surface area (Å²) in [5, 5.41) is 2.94. The number of benzene rings is 1. The lowest BCUT2D eigenvalue weighted by atomic mass is 9.91. The number of rotatable bonds is 3. The van der Waals surface area contributed by atoms with E-state index in [1.807, 2.05) is 0 Å². The minimum Gasteiger partial charge on any atom is -0.497 e. The third kappa shape index (κ3) is 3.17. The van der Waals surface area contributed by atoms with Crippen LogP contribution in [0.15, 0.2) is 18.2 Å². The molecule has 0 unspecified atom stereocenters. The molecule has 0 aliphatic carbocycles. The summed E-state index contributed by atoms with van der Waals surface area (Å²) in [6.07, 6.45) is 1.30. The van der Waals surface area contributed by atoms with E-state index >= 15 is 0 Å². The van der Waals surface area contributed by atoms with Crippen molar-refractivity contribution in [3.05, 3.63) is 23.8 Å². The Morgan fingerprint density at radius 2 is 2.08 bits per heavy atom. The fourth-order valence-electron chi connectivity index (χ4n) is 3.16. The fraction of sp³-hybridized carbons (Fsp3) is 0.529. The van der Waals surface area contributed by atoms with Crippen molar-refractivity contribution in [2.75, 3.05) is 40.5 Å². The molecule has 0 saturated carbocycles. The number of hydrogen-bond acceptors (Lipinski definition) is 5. The van der Waals surface area contributed by atoms with Gasteiger partial charge in [0.15, 0.2) is 0 Å². The Kier molecular flexibility index (Phi) is 4.62. The van der Waals surface area contributed by atoms with Crippen molar-refractivity contribution in [3.8, 4) is 11.5 Å². The van der Waals surface area contributed by atoms with E-state index in [-0.39, 0.29) is 18.4 Å². The first kappa shape index (κ1) is 16.6. The number of carbonyl (C=O) groups excluding carboxylic acids is 2. The van der Waals surface area contributed by atoms with Crippen LogP contribution in [0, 0.1) is 0 Å². The Hall–Kier alpha value is -2.28. The van der Waals surface area contributed by atoms with Crippen molar-refractivity contribution >= 4 is 11.8 Å². The molecular formula is C17H22N2O5. The second-order valence-corrected chi connectivity index (χ2v) is 6.14. The summed E-state index contributed by atoms with van der Waals surface area (Å²) in [5.41, 5.74) is 0.00230. The Bertz CT molecular complexity index is 638. The number of hydrogen-bond donors (Lipinski definition) is 1. The summed E-state index contributed by atoms with van der Waals surface area (Å²) in [6.45, 7) is 1.68. The van der Waals surface area contributed by atoms with Gasteiger partial charge in [0.25, 0.3) is 5.91 Å². The van der Waals surface area contributed by atoms with E-state index in [4.69, 9.17) is 14.2 Å². The summed E-state index contributed by atoms with van der Waals surface area (Å²) in [4.78, 5) is 26.0. The van der Waals surface area contributed by atoms with Gasteiger partial charge >= 0.3 is 0 Å². The van der Waals surface area contributed by atoms with Gasteiger partial charge in [0.05, 0.1) is 19.2 Å². The third-order valence-electron chi connectivity index (χ3n) is 4.63. The predicted octanol–water partition coefficient (Wildman–Crippen LogP) is 0.825. The zero-order valence-electron chi connectivity index (χ0n) is 14.0. The number of ether oxygens (including phenoxy) is 3.